The number of likely N-dealkylation sites (N-methyl/N-ethyl adjacent to an activating group) is 1. The second-order valence-corrected chi connectivity index (χ2v) is 3.68. The first-order chi connectivity index (χ1) is 7.97. The highest BCUT2D eigenvalue weighted by Gasteiger charge is 2.30. The summed E-state index contributed by atoms with van der Waals surface area (Å²) in [7, 11) is 3.28. The number of aromatic nitrogens is 1. The van der Waals surface area contributed by atoms with Crippen molar-refractivity contribution < 1.29 is 17.9 Å². The van der Waals surface area contributed by atoms with Crippen LogP contribution in [0.4, 0.5) is 13.2 Å². The van der Waals surface area contributed by atoms with Crippen molar-refractivity contribution >= 4 is 0 Å². The number of rotatable bonds is 5. The molecule has 1 rings (SSSR count). The van der Waals surface area contributed by atoms with Gasteiger partial charge in [0, 0.05) is 31.5 Å². The Balaban J connectivity index is 2.78. The third-order valence-corrected chi connectivity index (χ3v) is 2.38. The van der Waals surface area contributed by atoms with Crippen molar-refractivity contribution in [3.8, 4) is 0 Å². The Morgan fingerprint density at radius 1 is 1.47 bits per heavy atom. The largest absolute Gasteiger partial charge is 0.416 e. The van der Waals surface area contributed by atoms with Crippen molar-refractivity contribution in [1.29, 1.82) is 0 Å². The Morgan fingerprint density at radius 2 is 2.18 bits per heavy atom. The molecule has 0 aromatic carbocycles. The SMILES string of the molecule is CNC(COC)Cc1cc(C(F)(F)F)ccn1. The van der Waals surface area contributed by atoms with Crippen molar-refractivity contribution in [2.24, 2.45) is 0 Å². The summed E-state index contributed by atoms with van der Waals surface area (Å²) in [4.78, 5) is 3.93. The topological polar surface area (TPSA) is 34.1 Å². The van der Waals surface area contributed by atoms with Crippen LogP contribution in [0.3, 0.4) is 0 Å². The molecule has 0 aliphatic carbocycles. The number of halogens is 3. The Kier molecular flexibility index (Phi) is 4.89. The van der Waals surface area contributed by atoms with Gasteiger partial charge in [0.1, 0.15) is 0 Å². The predicted octanol–water partition coefficient (Wildman–Crippen LogP) is 1.88. The number of nitrogens with one attached hydrogen (secondary N) is 1. The molecule has 0 saturated carbocycles. The van der Waals surface area contributed by atoms with Crippen LogP contribution in [0.25, 0.3) is 0 Å². The van der Waals surface area contributed by atoms with Gasteiger partial charge in [-0.1, -0.05) is 0 Å². The van der Waals surface area contributed by atoms with Crippen molar-refractivity contribution in [3.63, 3.8) is 0 Å². The summed E-state index contributed by atoms with van der Waals surface area (Å²) in [5, 5.41) is 2.96. The van der Waals surface area contributed by atoms with Gasteiger partial charge in [0.2, 0.25) is 0 Å². The van der Waals surface area contributed by atoms with Crippen molar-refractivity contribution in [2.45, 2.75) is 18.6 Å². The molecule has 96 valence electrons. The summed E-state index contributed by atoms with van der Waals surface area (Å²) in [6.07, 6.45) is -2.75. The first-order valence-corrected chi connectivity index (χ1v) is 5.15. The molecule has 1 aromatic rings. The quantitative estimate of drug-likeness (QED) is 0.863. The van der Waals surface area contributed by atoms with E-state index in [1.54, 1.807) is 14.2 Å². The Labute approximate surface area is 98.0 Å². The molecule has 1 atom stereocenters. The fraction of sp³-hybridized carbons (Fsp3) is 0.545. The Morgan fingerprint density at radius 3 is 2.71 bits per heavy atom. The van der Waals surface area contributed by atoms with E-state index in [1.165, 1.54) is 6.20 Å². The average Bonchev–Trinajstić information content (AvgIpc) is 2.28. The number of pyridine rings is 1. The van der Waals surface area contributed by atoms with Gasteiger partial charge in [-0.2, -0.15) is 13.2 Å². The molecule has 0 bridgehead atoms. The van der Waals surface area contributed by atoms with Gasteiger partial charge in [0.05, 0.1) is 12.2 Å². The first-order valence-electron chi connectivity index (χ1n) is 5.15. The normalized spacial score (nSPS) is 13.7. The highest BCUT2D eigenvalue weighted by Crippen LogP contribution is 2.29. The number of nitrogens with zero attached hydrogens (tertiary/aromatic N) is 1. The zero-order valence-electron chi connectivity index (χ0n) is 9.71. The summed E-state index contributed by atoms with van der Waals surface area (Å²) >= 11 is 0. The number of ether oxygens (including phenoxy) is 1. The minimum atomic E-state index is -4.33. The van der Waals surface area contributed by atoms with Crippen LogP contribution in [0.5, 0.6) is 0 Å². The van der Waals surface area contributed by atoms with E-state index < -0.39 is 11.7 Å². The minimum absolute atomic E-state index is 0.0454. The molecule has 1 aromatic heterocycles. The Hall–Kier alpha value is -1.14. The van der Waals surface area contributed by atoms with Gasteiger partial charge in [0.15, 0.2) is 0 Å². The summed E-state index contributed by atoms with van der Waals surface area (Å²) in [6, 6.07) is 1.99. The molecule has 0 aliphatic rings. The molecule has 0 spiro atoms. The zero-order chi connectivity index (χ0) is 12.9. The lowest BCUT2D eigenvalue weighted by atomic mass is 10.1. The molecule has 0 radical (unpaired) electrons. The van der Waals surface area contributed by atoms with Gasteiger partial charge in [-0.15, -0.1) is 0 Å². The van der Waals surface area contributed by atoms with Gasteiger partial charge >= 0.3 is 6.18 Å². The molecule has 1 N–H and O–H groups in total. The highest BCUT2D eigenvalue weighted by atomic mass is 19.4. The van der Waals surface area contributed by atoms with Gasteiger partial charge in [-0.3, -0.25) is 4.98 Å². The van der Waals surface area contributed by atoms with Crippen molar-refractivity contribution in [3.05, 3.63) is 29.6 Å². The summed E-state index contributed by atoms with van der Waals surface area (Å²) in [6.45, 7) is 0.425. The summed E-state index contributed by atoms with van der Waals surface area (Å²) < 4.78 is 42.4. The van der Waals surface area contributed by atoms with Crippen LogP contribution < -0.4 is 5.32 Å². The third kappa shape index (κ3) is 4.32. The highest BCUT2D eigenvalue weighted by molar-refractivity contribution is 5.20. The maximum Gasteiger partial charge on any atom is 0.416 e. The standard InChI is InChI=1S/C11H15F3N2O/c1-15-10(7-17-2)6-9-5-8(3-4-16-9)11(12,13)14/h3-5,10,15H,6-7H2,1-2H3. The zero-order valence-corrected chi connectivity index (χ0v) is 9.71. The maximum absolute atomic E-state index is 12.5. The molecule has 1 unspecified atom stereocenters. The van der Waals surface area contributed by atoms with Crippen LogP contribution >= 0.6 is 0 Å². The first kappa shape index (κ1) is 13.9. The van der Waals surface area contributed by atoms with Crippen LogP contribution in [0, 0.1) is 0 Å². The van der Waals surface area contributed by atoms with Gasteiger partial charge in [0.25, 0.3) is 0 Å². The lowest BCUT2D eigenvalue weighted by Crippen LogP contribution is -2.32. The second-order valence-electron chi connectivity index (χ2n) is 3.68. The van der Waals surface area contributed by atoms with E-state index in [0.29, 0.717) is 18.7 Å². The molecule has 17 heavy (non-hydrogen) atoms. The van der Waals surface area contributed by atoms with E-state index in [2.05, 4.69) is 10.3 Å². The lowest BCUT2D eigenvalue weighted by molar-refractivity contribution is -0.137. The number of alkyl halides is 3. The molecule has 0 saturated heterocycles. The molecule has 0 amide bonds. The molecular weight excluding hydrogens is 233 g/mol. The molecule has 6 heteroatoms. The van der Waals surface area contributed by atoms with Crippen molar-refractivity contribution in [1.82, 2.24) is 10.3 Å². The number of methoxy groups -OCH3 is 1. The van der Waals surface area contributed by atoms with Crippen LogP contribution in [0.1, 0.15) is 11.3 Å². The third-order valence-electron chi connectivity index (χ3n) is 2.38. The number of hydrogen-bond acceptors (Lipinski definition) is 3. The monoisotopic (exact) mass is 248 g/mol. The molecule has 3 nitrogen and oxygen atoms in total. The van der Waals surface area contributed by atoms with Crippen LogP contribution in [0.15, 0.2) is 18.3 Å². The van der Waals surface area contributed by atoms with E-state index in [0.717, 1.165) is 12.1 Å². The molecule has 0 fully saturated rings. The molecular formula is C11H15F3N2O. The summed E-state index contributed by atoms with van der Waals surface area (Å²) in [5.41, 5.74) is -0.272. The van der Waals surface area contributed by atoms with Gasteiger partial charge in [-0.25, -0.2) is 0 Å². The fourth-order valence-electron chi connectivity index (χ4n) is 1.46. The lowest BCUT2D eigenvalue weighted by Gasteiger charge is -2.15. The molecule has 0 aliphatic heterocycles. The van der Waals surface area contributed by atoms with Crippen LogP contribution in [-0.4, -0.2) is 31.8 Å². The predicted molar refractivity (Wildman–Crippen MR) is 57.7 cm³/mol. The van der Waals surface area contributed by atoms with E-state index in [4.69, 9.17) is 4.74 Å². The van der Waals surface area contributed by atoms with Crippen LogP contribution in [-0.2, 0) is 17.3 Å². The maximum atomic E-state index is 12.5. The average molecular weight is 248 g/mol. The summed E-state index contributed by atoms with van der Waals surface area (Å²) in [5.74, 6) is 0. The van der Waals surface area contributed by atoms with E-state index in [1.807, 2.05) is 0 Å². The van der Waals surface area contributed by atoms with Gasteiger partial charge in [-0.05, 0) is 19.2 Å². The molecule has 1 heterocycles. The minimum Gasteiger partial charge on any atom is -0.383 e. The van der Waals surface area contributed by atoms with E-state index in [-0.39, 0.29) is 6.04 Å². The number of hydrogen-bond donors (Lipinski definition) is 1. The Bertz CT molecular complexity index is 355. The van der Waals surface area contributed by atoms with E-state index >= 15 is 0 Å². The van der Waals surface area contributed by atoms with E-state index in [9.17, 15) is 13.2 Å². The second kappa shape index (κ2) is 5.97. The van der Waals surface area contributed by atoms with Gasteiger partial charge < -0.3 is 10.1 Å². The van der Waals surface area contributed by atoms with Crippen molar-refractivity contribution in [2.75, 3.05) is 20.8 Å². The fourth-order valence-corrected chi connectivity index (χ4v) is 1.46. The van der Waals surface area contributed by atoms with Crippen LogP contribution in [0.2, 0.25) is 0 Å². The smallest absolute Gasteiger partial charge is 0.383 e.